The van der Waals surface area contributed by atoms with Gasteiger partial charge in [-0.3, -0.25) is 0 Å². The molecule has 88 valence electrons. The molecule has 2 atom stereocenters. The van der Waals surface area contributed by atoms with Crippen LogP contribution in [0.1, 0.15) is 22.0 Å². The third-order valence-corrected chi connectivity index (χ3v) is 2.84. The van der Waals surface area contributed by atoms with Crippen molar-refractivity contribution in [2.45, 2.75) is 12.2 Å². The zero-order valence-corrected chi connectivity index (χ0v) is 9.61. The maximum atomic E-state index is 10.8. The van der Waals surface area contributed by atoms with Crippen molar-refractivity contribution in [2.24, 2.45) is 0 Å². The lowest BCUT2D eigenvalue weighted by atomic mass is 10.0. The number of hydrogen-bond donors (Lipinski definition) is 3. The Morgan fingerprint density at radius 1 is 1.38 bits per heavy atom. The normalized spacial score (nSPS) is 14.5. The third kappa shape index (κ3) is 2.65. The van der Waals surface area contributed by atoms with E-state index in [0.717, 1.165) is 0 Å². The Bertz CT molecular complexity index is 394. The zero-order valence-electron chi connectivity index (χ0n) is 8.10. The lowest BCUT2D eigenvalue weighted by molar-refractivity contribution is 0.0326. The van der Waals surface area contributed by atoms with Gasteiger partial charge in [0, 0.05) is 5.56 Å². The Kier molecular flexibility index (Phi) is 4.56. The van der Waals surface area contributed by atoms with Crippen LogP contribution >= 0.6 is 23.2 Å². The molecule has 0 spiro atoms. The van der Waals surface area contributed by atoms with Gasteiger partial charge in [0.05, 0.1) is 22.6 Å². The number of aliphatic hydroxyl groups excluding tert-OH is 2. The minimum absolute atomic E-state index is 0.0910. The molecule has 0 aliphatic heterocycles. The topological polar surface area (TPSA) is 77.8 Å². The first kappa shape index (κ1) is 13.3. The number of aliphatic hydroxyl groups is 2. The summed E-state index contributed by atoms with van der Waals surface area (Å²) in [4.78, 5) is 10.8. The van der Waals surface area contributed by atoms with E-state index >= 15 is 0 Å². The summed E-state index contributed by atoms with van der Waals surface area (Å²) in [5, 5.41) is 27.7. The number of carboxylic acids is 1. The van der Waals surface area contributed by atoms with Crippen LogP contribution in [0.4, 0.5) is 0 Å². The lowest BCUT2D eigenvalue weighted by Crippen LogP contribution is -2.20. The Morgan fingerprint density at radius 3 is 2.50 bits per heavy atom. The van der Waals surface area contributed by atoms with Gasteiger partial charge in [-0.25, -0.2) is 4.79 Å². The van der Waals surface area contributed by atoms with Gasteiger partial charge in [-0.05, 0) is 6.07 Å². The van der Waals surface area contributed by atoms with Gasteiger partial charge in [0.25, 0.3) is 0 Å². The van der Waals surface area contributed by atoms with E-state index in [1.165, 1.54) is 18.2 Å². The first-order valence-corrected chi connectivity index (χ1v) is 5.34. The van der Waals surface area contributed by atoms with Crippen LogP contribution in [0.3, 0.4) is 0 Å². The van der Waals surface area contributed by atoms with Gasteiger partial charge in [-0.2, -0.15) is 0 Å². The molecular formula is C10H10Cl2O4. The van der Waals surface area contributed by atoms with Crippen LogP contribution in [-0.4, -0.2) is 33.3 Å². The molecule has 1 aromatic carbocycles. The summed E-state index contributed by atoms with van der Waals surface area (Å²) in [5.41, 5.74) is 0.0229. The Labute approximate surface area is 102 Å². The summed E-state index contributed by atoms with van der Waals surface area (Å²) in [5.74, 6) is -1.37. The van der Waals surface area contributed by atoms with Gasteiger partial charge in [-0.1, -0.05) is 23.7 Å². The van der Waals surface area contributed by atoms with Crippen LogP contribution in [0.25, 0.3) is 0 Å². The van der Waals surface area contributed by atoms with E-state index in [9.17, 15) is 15.0 Å². The average Bonchev–Trinajstić information content (AvgIpc) is 2.27. The molecule has 0 fully saturated rings. The second-order valence-electron chi connectivity index (χ2n) is 3.18. The lowest BCUT2D eigenvalue weighted by Gasteiger charge is -2.17. The van der Waals surface area contributed by atoms with E-state index in [4.69, 9.17) is 28.3 Å². The van der Waals surface area contributed by atoms with E-state index in [-0.39, 0.29) is 22.0 Å². The monoisotopic (exact) mass is 264 g/mol. The molecule has 2 unspecified atom stereocenters. The highest BCUT2D eigenvalue weighted by atomic mass is 35.5. The van der Waals surface area contributed by atoms with Crippen molar-refractivity contribution in [3.63, 3.8) is 0 Å². The highest BCUT2D eigenvalue weighted by Gasteiger charge is 2.22. The second-order valence-corrected chi connectivity index (χ2v) is 3.87. The highest BCUT2D eigenvalue weighted by molar-refractivity contribution is 6.34. The molecule has 0 saturated heterocycles. The molecule has 0 aliphatic rings. The standard InChI is InChI=1S/C10H10Cl2O4/c11-4-7(13)9(14)5-2-1-3-6(8(5)12)10(15)16/h1-3,7,9,13-14H,4H2,(H,15,16). The first-order chi connectivity index (χ1) is 7.49. The van der Waals surface area contributed by atoms with E-state index < -0.39 is 18.2 Å². The van der Waals surface area contributed by atoms with Crippen LogP contribution in [-0.2, 0) is 0 Å². The quantitative estimate of drug-likeness (QED) is 0.723. The SMILES string of the molecule is O=C(O)c1cccc(C(O)C(O)CCl)c1Cl. The van der Waals surface area contributed by atoms with Crippen molar-refractivity contribution in [1.29, 1.82) is 0 Å². The summed E-state index contributed by atoms with van der Waals surface area (Å²) >= 11 is 11.2. The number of hydrogen-bond acceptors (Lipinski definition) is 3. The number of carboxylic acid groups (broad SMARTS) is 1. The molecule has 0 radical (unpaired) electrons. The minimum atomic E-state index is -1.30. The van der Waals surface area contributed by atoms with Crippen LogP contribution in [0.15, 0.2) is 18.2 Å². The van der Waals surface area contributed by atoms with Gasteiger partial charge in [-0.15, -0.1) is 11.6 Å². The third-order valence-electron chi connectivity index (χ3n) is 2.10. The van der Waals surface area contributed by atoms with E-state index in [1.807, 2.05) is 0 Å². The number of halogens is 2. The fraction of sp³-hybridized carbons (Fsp3) is 0.300. The van der Waals surface area contributed by atoms with Crippen molar-refractivity contribution < 1.29 is 20.1 Å². The summed E-state index contributed by atoms with van der Waals surface area (Å²) in [7, 11) is 0. The smallest absolute Gasteiger partial charge is 0.337 e. The number of aromatic carboxylic acids is 1. The summed E-state index contributed by atoms with van der Waals surface area (Å²) in [6.07, 6.45) is -2.49. The van der Waals surface area contributed by atoms with Crippen LogP contribution < -0.4 is 0 Å². The second kappa shape index (κ2) is 5.50. The minimum Gasteiger partial charge on any atom is -0.478 e. The van der Waals surface area contributed by atoms with Crippen molar-refractivity contribution >= 4 is 29.2 Å². The van der Waals surface area contributed by atoms with E-state index in [1.54, 1.807) is 0 Å². The average molecular weight is 265 g/mol. The molecule has 6 heteroatoms. The molecule has 4 nitrogen and oxygen atoms in total. The predicted octanol–water partition coefficient (Wildman–Crippen LogP) is 1.67. The molecule has 1 aromatic rings. The van der Waals surface area contributed by atoms with Crippen LogP contribution in [0, 0.1) is 0 Å². The highest BCUT2D eigenvalue weighted by Crippen LogP contribution is 2.28. The van der Waals surface area contributed by atoms with Gasteiger partial charge in [0.2, 0.25) is 0 Å². The Hall–Kier alpha value is -0.810. The van der Waals surface area contributed by atoms with Crippen molar-refractivity contribution in [3.05, 3.63) is 34.3 Å². The Balaban J connectivity index is 3.15. The van der Waals surface area contributed by atoms with E-state index in [0.29, 0.717) is 0 Å². The molecule has 0 heterocycles. The largest absolute Gasteiger partial charge is 0.478 e. The number of rotatable bonds is 4. The fourth-order valence-electron chi connectivity index (χ4n) is 1.24. The Morgan fingerprint density at radius 2 is 2.00 bits per heavy atom. The molecule has 0 saturated carbocycles. The first-order valence-electron chi connectivity index (χ1n) is 4.42. The fourth-order valence-corrected chi connectivity index (χ4v) is 1.72. The molecule has 0 amide bonds. The van der Waals surface area contributed by atoms with Crippen molar-refractivity contribution in [1.82, 2.24) is 0 Å². The molecule has 0 aliphatic carbocycles. The number of benzene rings is 1. The van der Waals surface area contributed by atoms with Crippen molar-refractivity contribution in [2.75, 3.05) is 5.88 Å². The summed E-state index contributed by atoms with van der Waals surface area (Å²) < 4.78 is 0. The van der Waals surface area contributed by atoms with Gasteiger partial charge < -0.3 is 15.3 Å². The zero-order chi connectivity index (χ0) is 12.3. The maximum Gasteiger partial charge on any atom is 0.337 e. The predicted molar refractivity (Wildman–Crippen MR) is 60.1 cm³/mol. The molecule has 16 heavy (non-hydrogen) atoms. The van der Waals surface area contributed by atoms with Gasteiger partial charge in [0.15, 0.2) is 0 Å². The van der Waals surface area contributed by atoms with Crippen LogP contribution in [0.5, 0.6) is 0 Å². The van der Waals surface area contributed by atoms with Gasteiger partial charge in [0.1, 0.15) is 6.10 Å². The molecular weight excluding hydrogens is 255 g/mol. The molecule has 0 bridgehead atoms. The number of carbonyl (C=O) groups is 1. The van der Waals surface area contributed by atoms with Crippen molar-refractivity contribution in [3.8, 4) is 0 Å². The van der Waals surface area contributed by atoms with Crippen LogP contribution in [0.2, 0.25) is 5.02 Å². The molecule has 1 rings (SSSR count). The molecule has 0 aromatic heterocycles. The summed E-state index contributed by atoms with van der Waals surface area (Å²) in [6, 6.07) is 4.19. The summed E-state index contributed by atoms with van der Waals surface area (Å²) in [6.45, 7) is 0. The maximum absolute atomic E-state index is 10.8. The van der Waals surface area contributed by atoms with Gasteiger partial charge >= 0.3 is 5.97 Å². The number of alkyl halides is 1. The molecule has 3 N–H and O–H groups in total. The van der Waals surface area contributed by atoms with E-state index in [2.05, 4.69) is 0 Å².